The Bertz CT molecular complexity index is 846. The summed E-state index contributed by atoms with van der Waals surface area (Å²) in [5.41, 5.74) is 3.06. The summed E-state index contributed by atoms with van der Waals surface area (Å²) in [5, 5.41) is 3.04. The summed E-state index contributed by atoms with van der Waals surface area (Å²) in [4.78, 5) is 24.5. The molecule has 1 atom stereocenters. The Morgan fingerprint density at radius 3 is 2.78 bits per heavy atom. The highest BCUT2D eigenvalue weighted by molar-refractivity contribution is 5.91. The topological polar surface area (TPSA) is 75.6 Å². The molecular formula is C17H21N5O. The molecule has 0 saturated heterocycles. The molecule has 1 amide bonds. The Balaban J connectivity index is 1.91. The summed E-state index contributed by atoms with van der Waals surface area (Å²) in [6.07, 6.45) is 3.37. The van der Waals surface area contributed by atoms with Crippen molar-refractivity contribution in [1.29, 1.82) is 0 Å². The molecule has 0 unspecified atom stereocenters. The summed E-state index contributed by atoms with van der Waals surface area (Å²) >= 11 is 0. The van der Waals surface area contributed by atoms with Crippen molar-refractivity contribution < 1.29 is 4.79 Å². The van der Waals surface area contributed by atoms with E-state index >= 15 is 0 Å². The molecule has 120 valence electrons. The van der Waals surface area contributed by atoms with Gasteiger partial charge in [-0.2, -0.15) is 0 Å². The van der Waals surface area contributed by atoms with Gasteiger partial charge in [0.05, 0.1) is 17.1 Å². The maximum atomic E-state index is 12.4. The molecule has 3 rings (SSSR count). The van der Waals surface area contributed by atoms with Crippen molar-refractivity contribution >= 4 is 16.9 Å². The fourth-order valence-corrected chi connectivity index (χ4v) is 2.63. The number of imidazole rings is 2. The Morgan fingerprint density at radius 1 is 1.35 bits per heavy atom. The molecule has 0 aliphatic rings. The molecule has 3 aromatic rings. The number of nitrogens with one attached hydrogen (secondary N) is 2. The van der Waals surface area contributed by atoms with Crippen LogP contribution in [0.2, 0.25) is 0 Å². The monoisotopic (exact) mass is 311 g/mol. The average molecular weight is 311 g/mol. The Kier molecular flexibility index (Phi) is 3.90. The lowest BCUT2D eigenvalue weighted by molar-refractivity contribution is 0.0909. The highest BCUT2D eigenvalue weighted by Gasteiger charge is 2.23. The predicted octanol–water partition coefficient (Wildman–Crippen LogP) is 2.73. The summed E-state index contributed by atoms with van der Waals surface area (Å²) in [7, 11) is 1.80. The van der Waals surface area contributed by atoms with Crippen molar-refractivity contribution in [2.45, 2.75) is 26.8 Å². The van der Waals surface area contributed by atoms with E-state index < -0.39 is 0 Å². The summed E-state index contributed by atoms with van der Waals surface area (Å²) in [5.74, 6) is 1.15. The van der Waals surface area contributed by atoms with Gasteiger partial charge < -0.3 is 14.9 Å². The normalized spacial score (nSPS) is 12.7. The van der Waals surface area contributed by atoms with Crippen molar-refractivity contribution in [3.05, 3.63) is 47.8 Å². The predicted molar refractivity (Wildman–Crippen MR) is 89.1 cm³/mol. The van der Waals surface area contributed by atoms with Gasteiger partial charge in [-0.05, 0) is 30.5 Å². The number of hydrogen-bond acceptors (Lipinski definition) is 3. The van der Waals surface area contributed by atoms with Gasteiger partial charge >= 0.3 is 0 Å². The van der Waals surface area contributed by atoms with E-state index in [1.54, 1.807) is 24.0 Å². The van der Waals surface area contributed by atoms with Crippen LogP contribution in [0, 0.1) is 12.8 Å². The Labute approximate surface area is 135 Å². The van der Waals surface area contributed by atoms with Gasteiger partial charge in [0.25, 0.3) is 5.91 Å². The molecule has 6 nitrogen and oxygen atoms in total. The van der Waals surface area contributed by atoms with Crippen LogP contribution in [0.5, 0.6) is 0 Å². The molecule has 2 heterocycles. The van der Waals surface area contributed by atoms with Crippen LogP contribution in [0.3, 0.4) is 0 Å². The number of rotatable bonds is 4. The standard InChI is InChI=1S/C17H21N5O/c1-10(2)14(21-17(23)16-18-7-8-22(16)4)15-19-12-6-5-11(3)9-13(12)20-15/h5-10,14H,1-4H3,(H,19,20)(H,21,23)/t14-/m0/s1. The number of nitrogens with zero attached hydrogens (tertiary/aromatic N) is 3. The van der Waals surface area contributed by atoms with Crippen molar-refractivity contribution in [1.82, 2.24) is 24.8 Å². The first-order valence-electron chi connectivity index (χ1n) is 7.70. The lowest BCUT2D eigenvalue weighted by atomic mass is 10.0. The van der Waals surface area contributed by atoms with Crippen LogP contribution in [0.4, 0.5) is 0 Å². The largest absolute Gasteiger partial charge is 0.340 e. The van der Waals surface area contributed by atoms with Gasteiger partial charge in [0, 0.05) is 19.4 Å². The van der Waals surface area contributed by atoms with Crippen LogP contribution in [0.1, 0.15) is 41.9 Å². The van der Waals surface area contributed by atoms with Crippen LogP contribution in [0.25, 0.3) is 11.0 Å². The number of amides is 1. The molecule has 0 bridgehead atoms. The smallest absolute Gasteiger partial charge is 0.287 e. The fourth-order valence-electron chi connectivity index (χ4n) is 2.63. The van der Waals surface area contributed by atoms with E-state index in [1.807, 2.05) is 19.1 Å². The van der Waals surface area contributed by atoms with Crippen LogP contribution >= 0.6 is 0 Å². The molecule has 2 N–H and O–H groups in total. The minimum Gasteiger partial charge on any atom is -0.340 e. The number of benzene rings is 1. The van der Waals surface area contributed by atoms with E-state index in [2.05, 4.69) is 40.2 Å². The average Bonchev–Trinajstić information content (AvgIpc) is 3.09. The summed E-state index contributed by atoms with van der Waals surface area (Å²) in [6.45, 7) is 6.16. The maximum Gasteiger partial charge on any atom is 0.287 e. The second kappa shape index (κ2) is 5.87. The van der Waals surface area contributed by atoms with E-state index in [9.17, 15) is 4.79 Å². The van der Waals surface area contributed by atoms with Crippen LogP contribution in [-0.4, -0.2) is 25.4 Å². The SMILES string of the molecule is Cc1ccc2nc([C@@H](NC(=O)c3nccn3C)C(C)C)[nH]c2c1. The number of carbonyl (C=O) groups is 1. The Morgan fingerprint density at radius 2 is 2.13 bits per heavy atom. The fraction of sp³-hybridized carbons (Fsp3) is 0.353. The summed E-state index contributed by atoms with van der Waals surface area (Å²) < 4.78 is 1.70. The zero-order valence-electron chi connectivity index (χ0n) is 13.8. The first kappa shape index (κ1) is 15.3. The third-order valence-corrected chi connectivity index (χ3v) is 3.93. The number of H-pyrrole nitrogens is 1. The van der Waals surface area contributed by atoms with Crippen LogP contribution in [0.15, 0.2) is 30.6 Å². The first-order chi connectivity index (χ1) is 11.0. The molecular weight excluding hydrogens is 290 g/mol. The molecule has 2 aromatic heterocycles. The highest BCUT2D eigenvalue weighted by Crippen LogP contribution is 2.23. The van der Waals surface area contributed by atoms with E-state index in [1.165, 1.54) is 5.56 Å². The van der Waals surface area contributed by atoms with E-state index in [0.717, 1.165) is 16.9 Å². The van der Waals surface area contributed by atoms with Gasteiger partial charge in [0.2, 0.25) is 0 Å². The molecule has 0 spiro atoms. The first-order valence-corrected chi connectivity index (χ1v) is 7.70. The zero-order chi connectivity index (χ0) is 16.6. The minimum atomic E-state index is -0.202. The van der Waals surface area contributed by atoms with Gasteiger partial charge in [-0.1, -0.05) is 19.9 Å². The number of aromatic amines is 1. The maximum absolute atomic E-state index is 12.4. The van der Waals surface area contributed by atoms with Gasteiger partial charge in [0.15, 0.2) is 5.82 Å². The lowest BCUT2D eigenvalue weighted by Crippen LogP contribution is -2.34. The van der Waals surface area contributed by atoms with E-state index in [0.29, 0.717) is 5.82 Å². The molecule has 1 aromatic carbocycles. The summed E-state index contributed by atoms with van der Waals surface area (Å²) in [6, 6.07) is 5.88. The molecule has 0 radical (unpaired) electrons. The molecule has 0 fully saturated rings. The van der Waals surface area contributed by atoms with Crippen LogP contribution in [-0.2, 0) is 7.05 Å². The highest BCUT2D eigenvalue weighted by atomic mass is 16.2. The molecule has 0 saturated carbocycles. The van der Waals surface area contributed by atoms with Crippen molar-refractivity contribution in [2.24, 2.45) is 13.0 Å². The lowest BCUT2D eigenvalue weighted by Gasteiger charge is -2.20. The minimum absolute atomic E-state index is 0.195. The number of carbonyl (C=O) groups excluding carboxylic acids is 1. The number of aryl methyl sites for hydroxylation is 2. The van der Waals surface area contributed by atoms with Crippen LogP contribution < -0.4 is 5.32 Å². The van der Waals surface area contributed by atoms with E-state index in [-0.39, 0.29) is 17.9 Å². The third kappa shape index (κ3) is 2.97. The number of hydrogen-bond donors (Lipinski definition) is 2. The van der Waals surface area contributed by atoms with Gasteiger partial charge in [-0.25, -0.2) is 9.97 Å². The number of aromatic nitrogens is 4. The van der Waals surface area contributed by atoms with Crippen molar-refractivity contribution in [2.75, 3.05) is 0 Å². The third-order valence-electron chi connectivity index (χ3n) is 3.93. The Hall–Kier alpha value is -2.63. The van der Waals surface area contributed by atoms with Gasteiger partial charge in [0.1, 0.15) is 5.82 Å². The number of fused-ring (bicyclic) bond motifs is 1. The second-order valence-electron chi connectivity index (χ2n) is 6.20. The molecule has 0 aliphatic carbocycles. The zero-order valence-corrected chi connectivity index (χ0v) is 13.8. The molecule has 6 heteroatoms. The van der Waals surface area contributed by atoms with E-state index in [4.69, 9.17) is 0 Å². The van der Waals surface area contributed by atoms with Gasteiger partial charge in [-0.3, -0.25) is 4.79 Å². The van der Waals surface area contributed by atoms with Crippen molar-refractivity contribution in [3.8, 4) is 0 Å². The van der Waals surface area contributed by atoms with Gasteiger partial charge in [-0.15, -0.1) is 0 Å². The quantitative estimate of drug-likeness (QED) is 0.778. The van der Waals surface area contributed by atoms with Crippen molar-refractivity contribution in [3.63, 3.8) is 0 Å². The molecule has 23 heavy (non-hydrogen) atoms. The second-order valence-corrected chi connectivity index (χ2v) is 6.20. The molecule has 0 aliphatic heterocycles.